The summed E-state index contributed by atoms with van der Waals surface area (Å²) in [5.41, 5.74) is 4.34. The van der Waals surface area contributed by atoms with Gasteiger partial charge < -0.3 is 5.32 Å². The molecule has 0 heterocycles. The Morgan fingerprint density at radius 1 is 0.684 bits per heavy atom. The zero-order valence-corrected chi connectivity index (χ0v) is 22.8. The van der Waals surface area contributed by atoms with Crippen LogP contribution < -0.4 is 10.0 Å². The van der Waals surface area contributed by atoms with Gasteiger partial charge in [-0.3, -0.25) is 0 Å². The van der Waals surface area contributed by atoms with E-state index in [4.69, 9.17) is 0 Å². The van der Waals surface area contributed by atoms with Crippen LogP contribution in [-0.2, 0) is 16.4 Å². The van der Waals surface area contributed by atoms with Gasteiger partial charge in [0.2, 0.25) is 10.0 Å². The molecule has 0 radical (unpaired) electrons. The lowest BCUT2D eigenvalue weighted by atomic mass is 9.75. The Labute approximate surface area is 227 Å². The van der Waals surface area contributed by atoms with E-state index in [1.165, 1.54) is 16.7 Å². The lowest BCUT2D eigenvalue weighted by Gasteiger charge is -2.35. The molecule has 0 amide bonds. The summed E-state index contributed by atoms with van der Waals surface area (Å²) in [6.07, 6.45) is 7.60. The van der Waals surface area contributed by atoms with Crippen LogP contribution in [0.4, 0.5) is 0 Å². The number of hydrogen-bond acceptors (Lipinski definition) is 3. The number of rotatable bonds is 12. The Kier molecular flexibility index (Phi) is 8.90. The zero-order valence-electron chi connectivity index (χ0n) is 22.0. The van der Waals surface area contributed by atoms with E-state index in [1.54, 1.807) is 12.1 Å². The highest BCUT2D eigenvalue weighted by molar-refractivity contribution is 7.89. The molecule has 0 aromatic heterocycles. The molecular formula is C33H38N2O2S. The van der Waals surface area contributed by atoms with Crippen LogP contribution in [0.1, 0.15) is 61.1 Å². The van der Waals surface area contributed by atoms with Crippen LogP contribution in [0.3, 0.4) is 0 Å². The van der Waals surface area contributed by atoms with Crippen LogP contribution in [0.25, 0.3) is 10.8 Å². The molecule has 4 nitrogen and oxygen atoms in total. The van der Waals surface area contributed by atoms with Crippen molar-refractivity contribution in [2.75, 3.05) is 13.1 Å². The molecule has 4 aromatic carbocycles. The molecule has 198 valence electrons. The summed E-state index contributed by atoms with van der Waals surface area (Å²) in [5, 5.41) is 5.86. The van der Waals surface area contributed by atoms with Gasteiger partial charge in [-0.15, -0.1) is 0 Å². The number of aryl methyl sites for hydroxylation is 1. The minimum Gasteiger partial charge on any atom is -0.313 e. The SMILES string of the molecule is O=S(=O)(NCCCCCCCNC1CCc2ccccc2C1c1ccccc1)c1ccc2ccccc2c1. The van der Waals surface area contributed by atoms with Crippen molar-refractivity contribution in [2.45, 2.75) is 61.8 Å². The fraction of sp³-hybridized carbons (Fsp3) is 0.333. The van der Waals surface area contributed by atoms with Crippen LogP contribution in [0.15, 0.2) is 102 Å². The molecule has 4 aromatic rings. The largest absolute Gasteiger partial charge is 0.313 e. The predicted octanol–water partition coefficient (Wildman–Crippen LogP) is 6.81. The van der Waals surface area contributed by atoms with E-state index in [-0.39, 0.29) is 0 Å². The summed E-state index contributed by atoms with van der Waals surface area (Å²) >= 11 is 0. The topological polar surface area (TPSA) is 58.2 Å². The Morgan fingerprint density at radius 2 is 1.37 bits per heavy atom. The van der Waals surface area contributed by atoms with Crippen molar-refractivity contribution in [2.24, 2.45) is 0 Å². The van der Waals surface area contributed by atoms with Gasteiger partial charge in [-0.2, -0.15) is 0 Å². The molecule has 0 bridgehead atoms. The first-order valence-electron chi connectivity index (χ1n) is 14.0. The van der Waals surface area contributed by atoms with Gasteiger partial charge in [0.25, 0.3) is 0 Å². The zero-order chi connectivity index (χ0) is 26.2. The molecule has 1 aliphatic carbocycles. The summed E-state index contributed by atoms with van der Waals surface area (Å²) < 4.78 is 28.1. The average molecular weight is 527 g/mol. The fourth-order valence-electron chi connectivity index (χ4n) is 5.74. The van der Waals surface area contributed by atoms with E-state index in [2.05, 4.69) is 64.6 Å². The van der Waals surface area contributed by atoms with Crippen LogP contribution in [0.2, 0.25) is 0 Å². The lowest BCUT2D eigenvalue weighted by Crippen LogP contribution is -2.39. The van der Waals surface area contributed by atoms with Crippen molar-refractivity contribution >= 4 is 20.8 Å². The van der Waals surface area contributed by atoms with Crippen LogP contribution >= 0.6 is 0 Å². The minimum absolute atomic E-state index is 0.335. The van der Waals surface area contributed by atoms with Gasteiger partial charge in [-0.05, 0) is 71.8 Å². The van der Waals surface area contributed by atoms with Crippen molar-refractivity contribution < 1.29 is 8.42 Å². The number of benzene rings is 4. The van der Waals surface area contributed by atoms with E-state index in [0.717, 1.165) is 62.3 Å². The summed E-state index contributed by atoms with van der Waals surface area (Å²) in [6, 6.07) is 33.4. The van der Waals surface area contributed by atoms with Crippen molar-refractivity contribution in [3.63, 3.8) is 0 Å². The predicted molar refractivity (Wildman–Crippen MR) is 157 cm³/mol. The first-order valence-corrected chi connectivity index (χ1v) is 15.4. The average Bonchev–Trinajstić information content (AvgIpc) is 2.96. The molecule has 2 unspecified atom stereocenters. The Balaban J connectivity index is 1.02. The monoisotopic (exact) mass is 526 g/mol. The molecule has 0 spiro atoms. The standard InChI is InChI=1S/C33H38N2O2S/c36-38(37,30-21-19-26-13-7-8-17-29(26)25-30)35-24-12-3-1-2-11-23-34-32-22-20-27-14-9-10-18-31(27)33(32)28-15-5-4-6-16-28/h4-10,13-19,21,25,32-35H,1-3,11-12,20,22-24H2. The summed E-state index contributed by atoms with van der Waals surface area (Å²) in [5.74, 6) is 0.400. The molecule has 0 saturated heterocycles. The second-order valence-corrected chi connectivity index (χ2v) is 12.1. The number of sulfonamides is 1. The smallest absolute Gasteiger partial charge is 0.240 e. The van der Waals surface area contributed by atoms with Gasteiger partial charge in [0.15, 0.2) is 0 Å². The Bertz CT molecular complexity index is 1440. The molecular weight excluding hydrogens is 488 g/mol. The summed E-state index contributed by atoms with van der Waals surface area (Å²) in [4.78, 5) is 0.335. The highest BCUT2D eigenvalue weighted by Crippen LogP contribution is 2.36. The third-order valence-electron chi connectivity index (χ3n) is 7.76. The van der Waals surface area contributed by atoms with Crippen molar-refractivity contribution in [3.8, 4) is 0 Å². The quantitative estimate of drug-likeness (QED) is 0.200. The number of fused-ring (bicyclic) bond motifs is 2. The van der Waals surface area contributed by atoms with E-state index >= 15 is 0 Å². The molecule has 2 N–H and O–H groups in total. The lowest BCUT2D eigenvalue weighted by molar-refractivity contribution is 0.411. The molecule has 0 fully saturated rings. The van der Waals surface area contributed by atoms with Crippen LogP contribution in [0.5, 0.6) is 0 Å². The van der Waals surface area contributed by atoms with Gasteiger partial charge in [-0.25, -0.2) is 13.1 Å². The highest BCUT2D eigenvalue weighted by Gasteiger charge is 2.30. The molecule has 5 heteroatoms. The normalized spacial score (nSPS) is 17.4. The summed E-state index contributed by atoms with van der Waals surface area (Å²) in [7, 11) is -3.47. The maximum absolute atomic E-state index is 12.7. The van der Waals surface area contributed by atoms with Crippen LogP contribution in [0, 0.1) is 0 Å². The number of hydrogen-bond donors (Lipinski definition) is 2. The van der Waals surface area contributed by atoms with Gasteiger partial charge >= 0.3 is 0 Å². The second-order valence-electron chi connectivity index (χ2n) is 10.4. The van der Waals surface area contributed by atoms with Crippen molar-refractivity contribution in [1.82, 2.24) is 10.0 Å². The molecule has 1 aliphatic rings. The third kappa shape index (κ3) is 6.52. The molecule has 0 saturated carbocycles. The van der Waals surface area contributed by atoms with Gasteiger partial charge in [0.1, 0.15) is 0 Å². The molecule has 38 heavy (non-hydrogen) atoms. The fourth-order valence-corrected chi connectivity index (χ4v) is 6.85. The van der Waals surface area contributed by atoms with E-state index in [0.29, 0.717) is 23.4 Å². The molecule has 5 rings (SSSR count). The number of unbranched alkanes of at least 4 members (excludes halogenated alkanes) is 4. The van der Waals surface area contributed by atoms with Crippen molar-refractivity contribution in [3.05, 3.63) is 114 Å². The van der Waals surface area contributed by atoms with Gasteiger partial charge in [0.05, 0.1) is 4.90 Å². The third-order valence-corrected chi connectivity index (χ3v) is 9.22. The maximum Gasteiger partial charge on any atom is 0.240 e. The maximum atomic E-state index is 12.7. The van der Waals surface area contributed by atoms with Crippen molar-refractivity contribution in [1.29, 1.82) is 0 Å². The van der Waals surface area contributed by atoms with Gasteiger partial charge in [-0.1, -0.05) is 104 Å². The van der Waals surface area contributed by atoms with E-state index < -0.39 is 10.0 Å². The Morgan fingerprint density at radius 3 is 2.21 bits per heavy atom. The second kappa shape index (κ2) is 12.7. The highest BCUT2D eigenvalue weighted by atomic mass is 32.2. The van der Waals surface area contributed by atoms with E-state index in [9.17, 15) is 8.42 Å². The summed E-state index contributed by atoms with van der Waals surface area (Å²) in [6.45, 7) is 1.50. The molecule has 2 atom stereocenters. The first kappa shape index (κ1) is 26.6. The minimum atomic E-state index is -3.47. The van der Waals surface area contributed by atoms with E-state index in [1.807, 2.05) is 30.3 Å². The van der Waals surface area contributed by atoms with Crippen LogP contribution in [-0.4, -0.2) is 27.5 Å². The number of nitrogens with one attached hydrogen (secondary N) is 2. The Hall–Kier alpha value is -2.99. The van der Waals surface area contributed by atoms with Gasteiger partial charge in [0, 0.05) is 18.5 Å². The molecule has 0 aliphatic heterocycles. The first-order chi connectivity index (χ1) is 18.6.